The van der Waals surface area contributed by atoms with Crippen LogP contribution in [0, 0.1) is 5.82 Å². The molecule has 1 aliphatic rings. The lowest BCUT2D eigenvalue weighted by Gasteiger charge is -2.33. The van der Waals surface area contributed by atoms with E-state index >= 15 is 0 Å². The predicted molar refractivity (Wildman–Crippen MR) is 105 cm³/mol. The highest BCUT2D eigenvalue weighted by atomic mass is 32.2. The molecule has 3 rings (SSSR count). The zero-order chi connectivity index (χ0) is 20.5. The number of thiazole rings is 1. The van der Waals surface area contributed by atoms with E-state index < -0.39 is 39.0 Å². The summed E-state index contributed by atoms with van der Waals surface area (Å²) in [6, 6.07) is 4.21. The Morgan fingerprint density at radius 1 is 1.29 bits per heavy atom. The van der Waals surface area contributed by atoms with Crippen LogP contribution in [0.1, 0.15) is 26.2 Å². The molecule has 1 aromatic heterocycles. The zero-order valence-electron chi connectivity index (χ0n) is 15.7. The Labute approximate surface area is 166 Å². The molecule has 1 aliphatic heterocycles. The Morgan fingerprint density at radius 3 is 2.75 bits per heavy atom. The van der Waals surface area contributed by atoms with Gasteiger partial charge in [0.05, 0.1) is 10.2 Å². The molecule has 0 N–H and O–H groups in total. The Hall–Kier alpha value is -2.07. The topological polar surface area (TPSA) is 88.8 Å². The summed E-state index contributed by atoms with van der Waals surface area (Å²) in [4.78, 5) is 30.2. The van der Waals surface area contributed by atoms with E-state index in [0.717, 1.165) is 30.6 Å². The third kappa shape index (κ3) is 4.67. The number of nitrogens with zero attached hydrogens (tertiary/aromatic N) is 3. The van der Waals surface area contributed by atoms with Gasteiger partial charge in [-0.25, -0.2) is 12.8 Å². The van der Waals surface area contributed by atoms with Crippen molar-refractivity contribution < 1.29 is 22.4 Å². The van der Waals surface area contributed by atoms with Crippen LogP contribution in [0.25, 0.3) is 10.2 Å². The number of carbonyl (C=O) groups excluding carboxylic acids is 2. The molecule has 0 aliphatic carbocycles. The summed E-state index contributed by atoms with van der Waals surface area (Å²) in [5, 5.41) is 0. The number of rotatable bonds is 4. The highest BCUT2D eigenvalue weighted by molar-refractivity contribution is 7.92. The standard InChI is InChI=1S/C18H22FN3O4S2/c1-12-5-3-4-8-22(12)17(24)11-28(25,26)10-16(23)20-18-21(2)14-7-6-13(19)9-15(14)27-18/h6-7,9,12H,3-5,8,10-11H2,1-2H3. The Bertz CT molecular complexity index is 1090. The SMILES string of the molecule is CC1CCCCN1C(=O)CS(=O)(=O)CC(=O)N=c1sc2cc(F)ccc2n1C. The van der Waals surface area contributed by atoms with Gasteiger partial charge in [-0.1, -0.05) is 11.3 Å². The van der Waals surface area contributed by atoms with Crippen LogP contribution in [0.4, 0.5) is 4.39 Å². The fourth-order valence-corrected chi connectivity index (χ4v) is 5.48. The first-order chi connectivity index (χ1) is 13.2. The van der Waals surface area contributed by atoms with Crippen LogP contribution in [0.3, 0.4) is 0 Å². The van der Waals surface area contributed by atoms with Crippen molar-refractivity contribution in [3.63, 3.8) is 0 Å². The molecular formula is C18H22FN3O4S2. The summed E-state index contributed by atoms with van der Waals surface area (Å²) in [6.45, 7) is 2.44. The Kier molecular flexibility index (Phi) is 5.99. The van der Waals surface area contributed by atoms with Gasteiger partial charge in [-0.05, 0) is 44.4 Å². The second-order valence-electron chi connectivity index (χ2n) is 7.03. The summed E-state index contributed by atoms with van der Waals surface area (Å²) < 4.78 is 40.2. The predicted octanol–water partition coefficient (Wildman–Crippen LogP) is 1.62. The van der Waals surface area contributed by atoms with Crippen molar-refractivity contribution in [3.8, 4) is 0 Å². The minimum Gasteiger partial charge on any atom is -0.339 e. The number of halogens is 1. The van der Waals surface area contributed by atoms with E-state index in [9.17, 15) is 22.4 Å². The average molecular weight is 428 g/mol. The molecule has 152 valence electrons. The van der Waals surface area contributed by atoms with E-state index in [1.165, 1.54) is 12.1 Å². The number of sulfone groups is 1. The van der Waals surface area contributed by atoms with E-state index in [1.807, 2.05) is 6.92 Å². The van der Waals surface area contributed by atoms with Gasteiger partial charge in [0.2, 0.25) is 5.91 Å². The van der Waals surface area contributed by atoms with Gasteiger partial charge < -0.3 is 9.47 Å². The molecule has 7 nitrogen and oxygen atoms in total. The first-order valence-electron chi connectivity index (χ1n) is 8.99. The fourth-order valence-electron chi connectivity index (χ4n) is 3.33. The maximum atomic E-state index is 13.3. The summed E-state index contributed by atoms with van der Waals surface area (Å²) >= 11 is 1.09. The van der Waals surface area contributed by atoms with E-state index in [4.69, 9.17) is 0 Å². The maximum absolute atomic E-state index is 13.3. The van der Waals surface area contributed by atoms with Crippen LogP contribution in [-0.4, -0.2) is 53.8 Å². The number of aromatic nitrogens is 1. The van der Waals surface area contributed by atoms with Gasteiger partial charge in [0.1, 0.15) is 17.3 Å². The number of amides is 2. The molecule has 0 bridgehead atoms. The molecule has 0 saturated carbocycles. The monoisotopic (exact) mass is 427 g/mol. The summed E-state index contributed by atoms with van der Waals surface area (Å²) in [5.74, 6) is -3.24. The van der Waals surface area contributed by atoms with Crippen molar-refractivity contribution in [2.75, 3.05) is 18.1 Å². The third-order valence-electron chi connectivity index (χ3n) is 4.80. The smallest absolute Gasteiger partial charge is 0.263 e. The molecule has 0 radical (unpaired) electrons. The van der Waals surface area contributed by atoms with Crippen LogP contribution in [0.5, 0.6) is 0 Å². The molecule has 1 aromatic carbocycles. The van der Waals surface area contributed by atoms with Gasteiger partial charge in [-0.15, -0.1) is 0 Å². The molecule has 10 heteroatoms. The highest BCUT2D eigenvalue weighted by Gasteiger charge is 2.28. The summed E-state index contributed by atoms with van der Waals surface area (Å²) in [5.41, 5.74) is 0.690. The molecule has 1 atom stereocenters. The van der Waals surface area contributed by atoms with E-state index in [0.29, 0.717) is 16.8 Å². The second-order valence-corrected chi connectivity index (χ2v) is 10.1. The number of benzene rings is 1. The molecule has 2 aromatic rings. The van der Waals surface area contributed by atoms with Gasteiger partial charge in [-0.2, -0.15) is 4.99 Å². The number of fused-ring (bicyclic) bond motifs is 1. The number of aryl methyl sites for hydroxylation is 1. The first kappa shape index (κ1) is 20.7. The Morgan fingerprint density at radius 2 is 2.04 bits per heavy atom. The number of hydrogen-bond donors (Lipinski definition) is 0. The van der Waals surface area contributed by atoms with Crippen molar-refractivity contribution in [2.45, 2.75) is 32.2 Å². The minimum absolute atomic E-state index is 0.00910. The number of hydrogen-bond acceptors (Lipinski definition) is 5. The zero-order valence-corrected chi connectivity index (χ0v) is 17.4. The molecular weight excluding hydrogens is 405 g/mol. The molecule has 1 saturated heterocycles. The molecule has 0 spiro atoms. The molecule has 1 fully saturated rings. The van der Waals surface area contributed by atoms with Gasteiger partial charge in [0, 0.05) is 19.6 Å². The van der Waals surface area contributed by atoms with Crippen LogP contribution in [0.15, 0.2) is 23.2 Å². The van der Waals surface area contributed by atoms with Gasteiger partial charge >= 0.3 is 0 Å². The Balaban J connectivity index is 1.74. The van der Waals surface area contributed by atoms with Crippen molar-refractivity contribution >= 4 is 43.2 Å². The first-order valence-corrected chi connectivity index (χ1v) is 11.6. The van der Waals surface area contributed by atoms with Crippen LogP contribution >= 0.6 is 11.3 Å². The lowest BCUT2D eigenvalue weighted by atomic mass is 10.0. The van der Waals surface area contributed by atoms with E-state index in [1.54, 1.807) is 22.6 Å². The van der Waals surface area contributed by atoms with Crippen LogP contribution < -0.4 is 4.80 Å². The van der Waals surface area contributed by atoms with Crippen LogP contribution in [-0.2, 0) is 26.5 Å². The number of likely N-dealkylation sites (tertiary alicyclic amines) is 1. The maximum Gasteiger partial charge on any atom is 0.263 e. The van der Waals surface area contributed by atoms with Gasteiger partial charge in [0.25, 0.3) is 5.91 Å². The van der Waals surface area contributed by atoms with E-state index in [2.05, 4.69) is 4.99 Å². The third-order valence-corrected chi connectivity index (χ3v) is 7.27. The van der Waals surface area contributed by atoms with Crippen molar-refractivity contribution in [1.82, 2.24) is 9.47 Å². The summed E-state index contributed by atoms with van der Waals surface area (Å²) in [6.07, 6.45) is 2.72. The largest absolute Gasteiger partial charge is 0.339 e. The normalized spacial score (nSPS) is 18.6. The average Bonchev–Trinajstić information content (AvgIpc) is 2.89. The second kappa shape index (κ2) is 8.12. The summed E-state index contributed by atoms with van der Waals surface area (Å²) in [7, 11) is -2.26. The van der Waals surface area contributed by atoms with Crippen molar-refractivity contribution in [1.29, 1.82) is 0 Å². The lowest BCUT2D eigenvalue weighted by Crippen LogP contribution is -2.45. The molecule has 28 heavy (non-hydrogen) atoms. The van der Waals surface area contributed by atoms with Crippen molar-refractivity contribution in [3.05, 3.63) is 28.8 Å². The van der Waals surface area contributed by atoms with Crippen molar-refractivity contribution in [2.24, 2.45) is 12.0 Å². The van der Waals surface area contributed by atoms with Crippen LogP contribution in [0.2, 0.25) is 0 Å². The molecule has 2 amide bonds. The van der Waals surface area contributed by atoms with E-state index in [-0.39, 0.29) is 10.8 Å². The number of piperidine rings is 1. The lowest BCUT2D eigenvalue weighted by molar-refractivity contribution is -0.131. The molecule has 2 heterocycles. The minimum atomic E-state index is -3.92. The fraction of sp³-hybridized carbons (Fsp3) is 0.500. The quantitative estimate of drug-likeness (QED) is 0.742. The highest BCUT2D eigenvalue weighted by Crippen LogP contribution is 2.18. The molecule has 1 unspecified atom stereocenters. The number of carbonyl (C=O) groups is 2. The van der Waals surface area contributed by atoms with Gasteiger partial charge in [0.15, 0.2) is 14.6 Å². The van der Waals surface area contributed by atoms with Gasteiger partial charge in [-0.3, -0.25) is 9.59 Å².